The second kappa shape index (κ2) is 5.46. The fraction of sp³-hybridized carbons (Fsp3) is 0.231. The predicted octanol–water partition coefficient (Wildman–Crippen LogP) is 2.16. The van der Waals surface area contributed by atoms with Gasteiger partial charge in [-0.2, -0.15) is 0 Å². The van der Waals surface area contributed by atoms with Crippen LogP contribution in [0.3, 0.4) is 0 Å². The summed E-state index contributed by atoms with van der Waals surface area (Å²) in [4.78, 5) is 18.9. The van der Waals surface area contributed by atoms with Crippen molar-refractivity contribution >= 4 is 39.8 Å². The molecule has 1 N–H and O–H groups in total. The Hall–Kier alpha value is -2.15. The molecular weight excluding hydrogens is 276 g/mol. The maximum absolute atomic E-state index is 11.3. The van der Waals surface area contributed by atoms with Crippen molar-refractivity contribution in [1.82, 2.24) is 20.2 Å². The number of rotatable bonds is 4. The van der Waals surface area contributed by atoms with Gasteiger partial charge in [0.1, 0.15) is 5.52 Å². The molecule has 0 saturated carbocycles. The highest BCUT2D eigenvalue weighted by atomic mass is 32.2. The first-order chi connectivity index (χ1) is 9.78. The average molecular weight is 288 g/mol. The number of hydrogen-bond donors (Lipinski definition) is 1. The molecule has 3 aromatic rings. The first-order valence-corrected chi connectivity index (χ1v) is 7.16. The van der Waals surface area contributed by atoms with Crippen LogP contribution in [0.1, 0.15) is 6.92 Å². The van der Waals surface area contributed by atoms with E-state index in [1.54, 1.807) is 6.92 Å². The van der Waals surface area contributed by atoms with Crippen LogP contribution in [0.15, 0.2) is 29.4 Å². The van der Waals surface area contributed by atoms with Crippen LogP contribution in [-0.2, 0) is 9.53 Å². The van der Waals surface area contributed by atoms with Gasteiger partial charge in [0.05, 0.1) is 12.4 Å². The summed E-state index contributed by atoms with van der Waals surface area (Å²) in [6, 6.07) is 7.82. The van der Waals surface area contributed by atoms with Crippen molar-refractivity contribution in [2.24, 2.45) is 0 Å². The molecule has 0 saturated heterocycles. The van der Waals surface area contributed by atoms with Crippen LogP contribution in [0.25, 0.3) is 22.1 Å². The first-order valence-electron chi connectivity index (χ1n) is 6.17. The van der Waals surface area contributed by atoms with Crippen molar-refractivity contribution in [3.05, 3.63) is 24.3 Å². The molecule has 2 aromatic heterocycles. The van der Waals surface area contributed by atoms with E-state index >= 15 is 0 Å². The Balaban J connectivity index is 1.87. The van der Waals surface area contributed by atoms with Crippen molar-refractivity contribution in [2.75, 3.05) is 12.4 Å². The smallest absolute Gasteiger partial charge is 0.316 e. The van der Waals surface area contributed by atoms with Gasteiger partial charge in [-0.3, -0.25) is 4.79 Å². The van der Waals surface area contributed by atoms with Crippen LogP contribution in [0.5, 0.6) is 0 Å². The fourth-order valence-corrected chi connectivity index (χ4v) is 2.48. The molecule has 7 heteroatoms. The highest BCUT2D eigenvalue weighted by Crippen LogP contribution is 2.23. The summed E-state index contributed by atoms with van der Waals surface area (Å²) in [6.07, 6.45) is 0. The second-order valence-corrected chi connectivity index (χ2v) is 5.00. The molecule has 0 bridgehead atoms. The molecule has 102 valence electrons. The standard InChI is InChI=1S/C13H12N4O2S/c1-2-19-10(18)7-20-13-15-12-11(16-17-13)8-5-3-4-6-9(8)14-12/h3-6H,2,7H2,1H3,(H,14,15,17). The number of nitrogens with one attached hydrogen (secondary N) is 1. The Kier molecular flexibility index (Phi) is 3.51. The van der Waals surface area contributed by atoms with Gasteiger partial charge in [-0.05, 0) is 13.0 Å². The second-order valence-electron chi connectivity index (χ2n) is 4.06. The zero-order chi connectivity index (χ0) is 13.9. The van der Waals surface area contributed by atoms with E-state index in [1.807, 2.05) is 24.3 Å². The number of fused-ring (bicyclic) bond motifs is 3. The minimum absolute atomic E-state index is 0.182. The van der Waals surface area contributed by atoms with E-state index in [0.717, 1.165) is 16.4 Å². The number of carbonyl (C=O) groups is 1. The molecule has 1 aromatic carbocycles. The lowest BCUT2D eigenvalue weighted by molar-refractivity contribution is -0.139. The quantitative estimate of drug-likeness (QED) is 0.585. The van der Waals surface area contributed by atoms with Crippen molar-refractivity contribution in [2.45, 2.75) is 12.1 Å². The number of para-hydroxylation sites is 1. The van der Waals surface area contributed by atoms with E-state index in [1.165, 1.54) is 11.8 Å². The van der Waals surface area contributed by atoms with Gasteiger partial charge in [-0.1, -0.05) is 30.0 Å². The zero-order valence-electron chi connectivity index (χ0n) is 10.8. The third-order valence-corrected chi connectivity index (χ3v) is 3.54. The molecule has 3 rings (SSSR count). The van der Waals surface area contributed by atoms with Crippen LogP contribution < -0.4 is 0 Å². The summed E-state index contributed by atoms with van der Waals surface area (Å²) in [5.74, 6) is -0.0980. The Labute approximate surface area is 118 Å². The molecule has 0 radical (unpaired) electrons. The molecular formula is C13H12N4O2S. The molecule has 0 aliphatic carbocycles. The van der Waals surface area contributed by atoms with E-state index in [-0.39, 0.29) is 11.7 Å². The van der Waals surface area contributed by atoms with E-state index in [0.29, 0.717) is 17.4 Å². The summed E-state index contributed by atoms with van der Waals surface area (Å²) >= 11 is 1.21. The molecule has 2 heterocycles. The number of benzene rings is 1. The molecule has 0 aliphatic rings. The molecule has 6 nitrogen and oxygen atoms in total. The minimum atomic E-state index is -0.280. The van der Waals surface area contributed by atoms with Crippen LogP contribution in [0.4, 0.5) is 0 Å². The summed E-state index contributed by atoms with van der Waals surface area (Å²) in [6.45, 7) is 2.15. The monoisotopic (exact) mass is 288 g/mol. The van der Waals surface area contributed by atoms with Gasteiger partial charge >= 0.3 is 5.97 Å². The number of nitrogens with zero attached hydrogens (tertiary/aromatic N) is 3. The van der Waals surface area contributed by atoms with Gasteiger partial charge in [0.15, 0.2) is 5.65 Å². The summed E-state index contributed by atoms with van der Waals surface area (Å²) < 4.78 is 4.86. The van der Waals surface area contributed by atoms with Gasteiger partial charge in [-0.15, -0.1) is 10.2 Å². The molecule has 0 fully saturated rings. The normalized spacial score (nSPS) is 11.1. The number of aromatic nitrogens is 4. The number of aromatic amines is 1. The lowest BCUT2D eigenvalue weighted by atomic mass is 10.2. The number of H-pyrrole nitrogens is 1. The van der Waals surface area contributed by atoms with Crippen LogP contribution in [0, 0.1) is 0 Å². The summed E-state index contributed by atoms with van der Waals surface area (Å²) in [5, 5.41) is 9.66. The lowest BCUT2D eigenvalue weighted by Gasteiger charge is -2.00. The third-order valence-electron chi connectivity index (χ3n) is 2.73. The van der Waals surface area contributed by atoms with Gasteiger partial charge < -0.3 is 9.72 Å². The van der Waals surface area contributed by atoms with E-state index in [9.17, 15) is 4.79 Å². The number of esters is 1. The van der Waals surface area contributed by atoms with Crippen LogP contribution in [0.2, 0.25) is 0 Å². The predicted molar refractivity (Wildman–Crippen MR) is 76.5 cm³/mol. The van der Waals surface area contributed by atoms with Gasteiger partial charge in [0.25, 0.3) is 0 Å². The molecule has 20 heavy (non-hydrogen) atoms. The first kappa shape index (κ1) is 12.9. The molecule has 0 aliphatic heterocycles. The zero-order valence-corrected chi connectivity index (χ0v) is 11.6. The van der Waals surface area contributed by atoms with Crippen LogP contribution >= 0.6 is 11.8 Å². The third kappa shape index (κ3) is 2.44. The molecule has 0 amide bonds. The lowest BCUT2D eigenvalue weighted by Crippen LogP contribution is -2.07. The van der Waals surface area contributed by atoms with Crippen molar-refractivity contribution in [1.29, 1.82) is 0 Å². The van der Waals surface area contributed by atoms with Gasteiger partial charge in [-0.25, -0.2) is 4.98 Å². The SMILES string of the molecule is CCOC(=O)CSc1nnc2c(n1)[nH]c1ccccc12. The van der Waals surface area contributed by atoms with Crippen molar-refractivity contribution in [3.8, 4) is 0 Å². The highest BCUT2D eigenvalue weighted by molar-refractivity contribution is 7.99. The number of ether oxygens (including phenoxy) is 1. The highest BCUT2D eigenvalue weighted by Gasteiger charge is 2.10. The maximum atomic E-state index is 11.3. The van der Waals surface area contributed by atoms with E-state index in [4.69, 9.17) is 4.74 Å². The number of thioether (sulfide) groups is 1. The maximum Gasteiger partial charge on any atom is 0.316 e. The van der Waals surface area contributed by atoms with Gasteiger partial charge in [0, 0.05) is 10.9 Å². The Morgan fingerprint density at radius 1 is 1.35 bits per heavy atom. The van der Waals surface area contributed by atoms with Gasteiger partial charge in [0.2, 0.25) is 5.16 Å². The van der Waals surface area contributed by atoms with Crippen LogP contribution in [-0.4, -0.2) is 38.5 Å². The largest absolute Gasteiger partial charge is 0.465 e. The molecule has 0 spiro atoms. The van der Waals surface area contributed by atoms with Crippen molar-refractivity contribution < 1.29 is 9.53 Å². The Morgan fingerprint density at radius 3 is 3.05 bits per heavy atom. The number of carbonyl (C=O) groups excluding carboxylic acids is 1. The Morgan fingerprint density at radius 2 is 2.20 bits per heavy atom. The van der Waals surface area contributed by atoms with E-state index < -0.39 is 0 Å². The number of hydrogen-bond acceptors (Lipinski definition) is 6. The fourth-order valence-electron chi connectivity index (χ4n) is 1.89. The van der Waals surface area contributed by atoms with E-state index in [2.05, 4.69) is 20.2 Å². The summed E-state index contributed by atoms with van der Waals surface area (Å²) in [7, 11) is 0. The van der Waals surface area contributed by atoms with Crippen molar-refractivity contribution in [3.63, 3.8) is 0 Å². The topological polar surface area (TPSA) is 80.8 Å². The average Bonchev–Trinajstić information content (AvgIpc) is 2.83. The minimum Gasteiger partial charge on any atom is -0.465 e. The molecule has 0 unspecified atom stereocenters. The Bertz CT molecular complexity index is 771. The molecule has 0 atom stereocenters. The summed E-state index contributed by atoms with van der Waals surface area (Å²) in [5.41, 5.74) is 2.38.